The Morgan fingerprint density at radius 3 is 2.41 bits per heavy atom. The van der Waals surface area contributed by atoms with Crippen LogP contribution >= 0.6 is 11.5 Å². The smallest absolute Gasteiger partial charge is 0.240 e. The highest BCUT2D eigenvalue weighted by Crippen LogP contribution is 2.31. The molecule has 2 fully saturated rings. The van der Waals surface area contributed by atoms with Crippen LogP contribution < -0.4 is 9.62 Å². The molecule has 8 heteroatoms. The number of benzene rings is 2. The highest BCUT2D eigenvalue weighted by atomic mass is 32.2. The summed E-state index contributed by atoms with van der Waals surface area (Å²) in [6, 6.07) is 15.6. The van der Waals surface area contributed by atoms with Gasteiger partial charge in [0.1, 0.15) is 5.82 Å². The Morgan fingerprint density at radius 1 is 0.971 bits per heavy atom. The molecule has 2 aliphatic rings. The van der Waals surface area contributed by atoms with E-state index in [1.165, 1.54) is 16.5 Å². The first-order valence-electron chi connectivity index (χ1n) is 12.4. The summed E-state index contributed by atoms with van der Waals surface area (Å²) in [4.78, 5) is 5.38. The minimum absolute atomic E-state index is 0.0547. The van der Waals surface area contributed by atoms with E-state index >= 15 is 0 Å². The third-order valence-corrected chi connectivity index (χ3v) is 9.74. The first-order valence-corrected chi connectivity index (χ1v) is 14.6. The van der Waals surface area contributed by atoms with E-state index in [1.54, 1.807) is 23.7 Å². The van der Waals surface area contributed by atoms with Gasteiger partial charge >= 0.3 is 0 Å². The van der Waals surface area contributed by atoms with Crippen molar-refractivity contribution in [3.63, 3.8) is 0 Å². The third kappa shape index (κ3) is 5.46. The van der Waals surface area contributed by atoms with Crippen LogP contribution in [-0.4, -0.2) is 56.5 Å². The molecule has 6 nitrogen and oxygen atoms in total. The van der Waals surface area contributed by atoms with Gasteiger partial charge in [-0.05, 0) is 87.3 Å². The molecule has 2 aromatic carbocycles. The number of rotatable bonds is 7. The van der Waals surface area contributed by atoms with Crippen LogP contribution in [0.25, 0.3) is 10.1 Å². The lowest BCUT2D eigenvalue weighted by Crippen LogP contribution is -2.47. The molecule has 2 heterocycles. The summed E-state index contributed by atoms with van der Waals surface area (Å²) in [5, 5.41) is 1.27. The molecule has 1 aliphatic carbocycles. The Morgan fingerprint density at radius 2 is 1.68 bits per heavy atom. The molecule has 1 saturated heterocycles. The summed E-state index contributed by atoms with van der Waals surface area (Å²) >= 11 is 1.59. The van der Waals surface area contributed by atoms with E-state index in [-0.39, 0.29) is 6.04 Å². The maximum Gasteiger partial charge on any atom is 0.240 e. The van der Waals surface area contributed by atoms with E-state index < -0.39 is 10.0 Å². The van der Waals surface area contributed by atoms with Gasteiger partial charge in [0.25, 0.3) is 0 Å². The van der Waals surface area contributed by atoms with Crippen LogP contribution in [0.3, 0.4) is 0 Å². The fourth-order valence-electron chi connectivity index (χ4n) is 5.22. The first kappa shape index (κ1) is 23.7. The maximum absolute atomic E-state index is 12.7. The Kier molecular flexibility index (Phi) is 7.20. The van der Waals surface area contributed by atoms with Gasteiger partial charge in [-0.3, -0.25) is 4.90 Å². The van der Waals surface area contributed by atoms with Crippen molar-refractivity contribution in [2.75, 3.05) is 37.6 Å². The van der Waals surface area contributed by atoms with E-state index in [4.69, 9.17) is 4.37 Å². The second kappa shape index (κ2) is 10.3. The van der Waals surface area contributed by atoms with Crippen LogP contribution in [0.15, 0.2) is 53.4 Å². The highest BCUT2D eigenvalue weighted by molar-refractivity contribution is 7.89. The fraction of sp³-hybridized carbons (Fsp3) is 0.500. The molecule has 34 heavy (non-hydrogen) atoms. The van der Waals surface area contributed by atoms with Gasteiger partial charge in [-0.1, -0.05) is 29.8 Å². The number of fused-ring (bicyclic) bond motifs is 1. The number of aromatic nitrogens is 1. The van der Waals surface area contributed by atoms with Crippen molar-refractivity contribution in [1.29, 1.82) is 0 Å². The molecule has 0 bridgehead atoms. The first-order chi connectivity index (χ1) is 16.5. The van der Waals surface area contributed by atoms with Crippen molar-refractivity contribution in [2.24, 2.45) is 5.92 Å². The molecule has 0 atom stereocenters. The predicted octanol–water partition coefficient (Wildman–Crippen LogP) is 4.65. The number of nitrogens with one attached hydrogen (secondary N) is 1. The van der Waals surface area contributed by atoms with Gasteiger partial charge in [0.2, 0.25) is 10.0 Å². The minimum Gasteiger partial charge on any atom is -0.353 e. The van der Waals surface area contributed by atoms with E-state index in [2.05, 4.69) is 38.8 Å². The van der Waals surface area contributed by atoms with Gasteiger partial charge in [0.05, 0.1) is 9.60 Å². The number of anilines is 1. The van der Waals surface area contributed by atoms with E-state index in [9.17, 15) is 8.42 Å². The monoisotopic (exact) mass is 498 g/mol. The zero-order valence-electron chi connectivity index (χ0n) is 19.8. The summed E-state index contributed by atoms with van der Waals surface area (Å²) in [6.07, 6.45) is 5.27. The summed E-state index contributed by atoms with van der Waals surface area (Å²) < 4.78 is 34.3. The molecule has 0 spiro atoms. The predicted molar refractivity (Wildman–Crippen MR) is 140 cm³/mol. The molecule has 0 unspecified atom stereocenters. The summed E-state index contributed by atoms with van der Waals surface area (Å²) in [5.74, 6) is 1.84. The topological polar surface area (TPSA) is 65.5 Å². The number of piperazine rings is 1. The second-order valence-electron chi connectivity index (χ2n) is 9.77. The van der Waals surface area contributed by atoms with Crippen molar-refractivity contribution in [2.45, 2.75) is 50.0 Å². The van der Waals surface area contributed by atoms with Gasteiger partial charge in [-0.25, -0.2) is 13.1 Å². The third-order valence-electron chi connectivity index (χ3n) is 7.38. The average Bonchev–Trinajstić information content (AvgIpc) is 3.28. The lowest BCUT2D eigenvalue weighted by Gasteiger charge is -2.36. The summed E-state index contributed by atoms with van der Waals surface area (Å²) in [6.45, 7) is 7.32. The lowest BCUT2D eigenvalue weighted by atomic mass is 9.84. The summed E-state index contributed by atoms with van der Waals surface area (Å²) in [5.41, 5.74) is 1.07. The average molecular weight is 499 g/mol. The normalized spacial score (nSPS) is 22.3. The van der Waals surface area contributed by atoms with Gasteiger partial charge in [0, 0.05) is 37.6 Å². The van der Waals surface area contributed by atoms with Crippen LogP contribution in [0.4, 0.5) is 5.82 Å². The second-order valence-corrected chi connectivity index (χ2v) is 12.3. The van der Waals surface area contributed by atoms with Gasteiger partial charge in [-0.15, -0.1) is 0 Å². The Bertz CT molecular complexity index is 1190. The van der Waals surface area contributed by atoms with Crippen molar-refractivity contribution in [3.8, 4) is 0 Å². The molecule has 182 valence electrons. The maximum atomic E-state index is 12.7. The molecule has 3 aromatic rings. The molecule has 1 aromatic heterocycles. The minimum atomic E-state index is -3.43. The molecular weight excluding hydrogens is 464 g/mol. The van der Waals surface area contributed by atoms with Crippen molar-refractivity contribution in [3.05, 3.63) is 54.1 Å². The largest absolute Gasteiger partial charge is 0.353 e. The molecular formula is C26H34N4O2S2. The van der Waals surface area contributed by atoms with Gasteiger partial charge in [0.15, 0.2) is 0 Å². The SMILES string of the molecule is Cc1ccc(S(=O)(=O)NC2CCC(CCN3CCN(c4nsc5ccccc45)CC3)CC2)cc1. The number of sulfonamides is 1. The van der Waals surface area contributed by atoms with Crippen LogP contribution in [0.2, 0.25) is 0 Å². The van der Waals surface area contributed by atoms with Crippen LogP contribution in [-0.2, 0) is 10.0 Å². The standard InChI is InChI=1S/C26H34N4O2S2/c1-20-6-12-23(13-7-20)34(31,32)28-22-10-8-21(9-11-22)14-15-29-16-18-30(19-17-29)26-24-4-2-3-5-25(24)33-27-26/h2-7,12-13,21-22,28H,8-11,14-19H2,1H3. The Labute approximate surface area is 207 Å². The Balaban J connectivity index is 1.04. The molecule has 0 amide bonds. The number of aryl methyl sites for hydroxylation is 1. The van der Waals surface area contributed by atoms with Gasteiger partial charge in [-0.2, -0.15) is 4.37 Å². The van der Waals surface area contributed by atoms with E-state index in [0.717, 1.165) is 69.8 Å². The highest BCUT2D eigenvalue weighted by Gasteiger charge is 2.27. The zero-order chi connectivity index (χ0) is 23.5. The van der Waals surface area contributed by atoms with Crippen LogP contribution in [0.1, 0.15) is 37.7 Å². The molecule has 0 radical (unpaired) electrons. The molecule has 5 rings (SSSR count). The number of hydrogen-bond acceptors (Lipinski definition) is 6. The fourth-order valence-corrected chi connectivity index (χ4v) is 7.32. The number of hydrogen-bond donors (Lipinski definition) is 1. The van der Waals surface area contributed by atoms with Crippen molar-refractivity contribution >= 4 is 37.5 Å². The van der Waals surface area contributed by atoms with Gasteiger partial charge < -0.3 is 4.90 Å². The molecule has 1 N–H and O–H groups in total. The van der Waals surface area contributed by atoms with Crippen LogP contribution in [0.5, 0.6) is 0 Å². The summed E-state index contributed by atoms with van der Waals surface area (Å²) in [7, 11) is -3.43. The van der Waals surface area contributed by atoms with Crippen molar-refractivity contribution < 1.29 is 8.42 Å². The zero-order valence-corrected chi connectivity index (χ0v) is 21.5. The lowest BCUT2D eigenvalue weighted by molar-refractivity contribution is 0.214. The molecule has 1 saturated carbocycles. The molecule has 1 aliphatic heterocycles. The van der Waals surface area contributed by atoms with Crippen LogP contribution in [0, 0.1) is 12.8 Å². The van der Waals surface area contributed by atoms with Crippen molar-refractivity contribution in [1.82, 2.24) is 14.0 Å². The Hall–Kier alpha value is -2.00. The van der Waals surface area contributed by atoms with E-state index in [1.807, 2.05) is 19.1 Å². The number of nitrogens with zero attached hydrogens (tertiary/aromatic N) is 3. The quantitative estimate of drug-likeness (QED) is 0.514. The van der Waals surface area contributed by atoms with E-state index in [0.29, 0.717) is 10.8 Å².